The van der Waals surface area contributed by atoms with Crippen LogP contribution in [0.25, 0.3) is 0 Å². The summed E-state index contributed by atoms with van der Waals surface area (Å²) >= 11 is 0. The fraction of sp³-hybridized carbons (Fsp3) is 0.900. The molecule has 1 aliphatic heterocycles. The van der Waals surface area contributed by atoms with Gasteiger partial charge in [0.15, 0.2) is 0 Å². The lowest BCUT2D eigenvalue weighted by molar-refractivity contribution is -0.146. The summed E-state index contributed by atoms with van der Waals surface area (Å²) in [5, 5.41) is 12.1. The number of hydrogen-bond acceptors (Lipinski definition) is 3. The normalized spacial score (nSPS) is 27.5. The van der Waals surface area contributed by atoms with Gasteiger partial charge in [0.25, 0.3) is 0 Å². The van der Waals surface area contributed by atoms with E-state index in [1.807, 2.05) is 0 Å². The third-order valence-electron chi connectivity index (χ3n) is 3.60. The topological polar surface area (TPSA) is 52.6 Å². The van der Waals surface area contributed by atoms with E-state index in [2.05, 4.69) is 10.2 Å². The van der Waals surface area contributed by atoms with Gasteiger partial charge >= 0.3 is 5.97 Å². The Morgan fingerprint density at radius 1 is 1.43 bits per heavy atom. The van der Waals surface area contributed by atoms with Gasteiger partial charge < -0.3 is 15.3 Å². The van der Waals surface area contributed by atoms with Gasteiger partial charge in [-0.15, -0.1) is 0 Å². The van der Waals surface area contributed by atoms with Gasteiger partial charge in [-0.3, -0.25) is 4.79 Å². The highest BCUT2D eigenvalue weighted by Crippen LogP contribution is 2.32. The smallest absolute Gasteiger partial charge is 0.323 e. The first-order chi connectivity index (χ1) is 6.68. The van der Waals surface area contributed by atoms with E-state index >= 15 is 0 Å². The molecule has 0 spiro atoms. The molecule has 14 heavy (non-hydrogen) atoms. The van der Waals surface area contributed by atoms with Crippen molar-refractivity contribution in [2.75, 3.05) is 20.1 Å². The molecule has 2 rings (SSSR count). The van der Waals surface area contributed by atoms with Crippen molar-refractivity contribution in [2.45, 2.75) is 37.3 Å². The molecule has 0 unspecified atom stereocenters. The van der Waals surface area contributed by atoms with E-state index in [9.17, 15) is 4.79 Å². The molecule has 2 fully saturated rings. The summed E-state index contributed by atoms with van der Waals surface area (Å²) in [4.78, 5) is 13.5. The van der Waals surface area contributed by atoms with Crippen LogP contribution < -0.4 is 5.32 Å². The van der Waals surface area contributed by atoms with Gasteiger partial charge in [-0.05, 0) is 32.7 Å². The second-order valence-electron chi connectivity index (χ2n) is 4.40. The maximum atomic E-state index is 11.1. The van der Waals surface area contributed by atoms with Crippen LogP contribution in [-0.2, 0) is 4.79 Å². The van der Waals surface area contributed by atoms with Crippen molar-refractivity contribution in [3.63, 3.8) is 0 Å². The Labute approximate surface area is 84.3 Å². The van der Waals surface area contributed by atoms with E-state index < -0.39 is 11.5 Å². The highest BCUT2D eigenvalue weighted by atomic mass is 16.4. The number of hydrogen-bond donors (Lipinski definition) is 2. The number of aliphatic carboxylic acids is 1. The molecule has 0 aromatic rings. The van der Waals surface area contributed by atoms with Crippen molar-refractivity contribution < 1.29 is 9.90 Å². The van der Waals surface area contributed by atoms with Crippen LogP contribution in [0.2, 0.25) is 0 Å². The summed E-state index contributed by atoms with van der Waals surface area (Å²) in [6.45, 7) is 1.86. The summed E-state index contributed by atoms with van der Waals surface area (Å²) in [6, 6.07) is 0.763. The molecule has 4 heteroatoms. The molecule has 80 valence electrons. The molecule has 1 aliphatic carbocycles. The minimum absolute atomic E-state index is 0.661. The van der Waals surface area contributed by atoms with Gasteiger partial charge in [-0.1, -0.05) is 0 Å². The van der Waals surface area contributed by atoms with Crippen LogP contribution >= 0.6 is 0 Å². The lowest BCUT2D eigenvalue weighted by Crippen LogP contribution is -2.57. The lowest BCUT2D eigenvalue weighted by atomic mass is 9.87. The first-order valence-electron chi connectivity index (χ1n) is 5.34. The standard InChI is InChI=1S/C10H18N2O2/c1-11-10(9(13)14)4-6-12(7-5-10)8-2-3-8/h8,11H,2-7H2,1H3,(H,13,14). The number of carbonyl (C=O) groups is 1. The summed E-state index contributed by atoms with van der Waals surface area (Å²) in [7, 11) is 1.75. The molecule has 0 bridgehead atoms. The second-order valence-corrected chi connectivity index (χ2v) is 4.40. The van der Waals surface area contributed by atoms with Gasteiger partial charge in [-0.25, -0.2) is 0 Å². The highest BCUT2D eigenvalue weighted by molar-refractivity contribution is 5.78. The van der Waals surface area contributed by atoms with Crippen molar-refractivity contribution in [3.05, 3.63) is 0 Å². The first kappa shape index (κ1) is 9.93. The second kappa shape index (κ2) is 3.51. The van der Waals surface area contributed by atoms with Gasteiger partial charge in [0.1, 0.15) is 5.54 Å². The fourth-order valence-corrected chi connectivity index (χ4v) is 2.28. The Bertz CT molecular complexity index is 230. The van der Waals surface area contributed by atoms with E-state index in [1.54, 1.807) is 7.05 Å². The molecule has 0 amide bonds. The van der Waals surface area contributed by atoms with E-state index in [4.69, 9.17) is 5.11 Å². The number of nitrogens with zero attached hydrogens (tertiary/aromatic N) is 1. The maximum absolute atomic E-state index is 11.1. The molecule has 1 saturated heterocycles. The highest BCUT2D eigenvalue weighted by Gasteiger charge is 2.42. The van der Waals surface area contributed by atoms with Crippen molar-refractivity contribution in [1.82, 2.24) is 10.2 Å². The number of rotatable bonds is 3. The van der Waals surface area contributed by atoms with Crippen LogP contribution in [0, 0.1) is 0 Å². The number of likely N-dealkylation sites (tertiary alicyclic amines) is 1. The minimum Gasteiger partial charge on any atom is -0.480 e. The van der Waals surface area contributed by atoms with Gasteiger partial charge in [-0.2, -0.15) is 0 Å². The van der Waals surface area contributed by atoms with Gasteiger partial charge in [0.2, 0.25) is 0 Å². The third-order valence-corrected chi connectivity index (χ3v) is 3.60. The van der Waals surface area contributed by atoms with E-state index in [1.165, 1.54) is 12.8 Å². The van der Waals surface area contributed by atoms with Crippen molar-refractivity contribution in [2.24, 2.45) is 0 Å². The minimum atomic E-state index is -0.699. The summed E-state index contributed by atoms with van der Waals surface area (Å²) < 4.78 is 0. The zero-order chi connectivity index (χ0) is 10.2. The van der Waals surface area contributed by atoms with Crippen molar-refractivity contribution >= 4 is 5.97 Å². The predicted molar refractivity (Wildman–Crippen MR) is 53.3 cm³/mol. The zero-order valence-corrected chi connectivity index (χ0v) is 8.62. The molecule has 0 radical (unpaired) electrons. The van der Waals surface area contributed by atoms with E-state index in [0.29, 0.717) is 0 Å². The van der Waals surface area contributed by atoms with Crippen LogP contribution in [0.15, 0.2) is 0 Å². The molecule has 1 saturated carbocycles. The summed E-state index contributed by atoms with van der Waals surface area (Å²) in [6.07, 6.45) is 4.07. The van der Waals surface area contributed by atoms with Crippen LogP contribution in [0.1, 0.15) is 25.7 Å². The molecule has 0 atom stereocenters. The van der Waals surface area contributed by atoms with Crippen molar-refractivity contribution in [1.29, 1.82) is 0 Å². The van der Waals surface area contributed by atoms with Crippen LogP contribution in [-0.4, -0.2) is 47.7 Å². The van der Waals surface area contributed by atoms with Crippen LogP contribution in [0.5, 0.6) is 0 Å². The molecule has 2 N–H and O–H groups in total. The molecular weight excluding hydrogens is 180 g/mol. The first-order valence-corrected chi connectivity index (χ1v) is 5.34. The lowest BCUT2D eigenvalue weighted by Gasteiger charge is -2.38. The molecule has 0 aromatic carbocycles. The Hall–Kier alpha value is -0.610. The Morgan fingerprint density at radius 3 is 2.36 bits per heavy atom. The molecule has 0 aromatic heterocycles. The van der Waals surface area contributed by atoms with E-state index in [0.717, 1.165) is 32.0 Å². The predicted octanol–water partition coefficient (Wildman–Crippen LogP) is 0.287. The molecule has 4 nitrogen and oxygen atoms in total. The summed E-state index contributed by atoms with van der Waals surface area (Å²) in [5.41, 5.74) is -0.661. The Balaban J connectivity index is 1.94. The SMILES string of the molecule is CNC1(C(=O)O)CCN(C2CC2)CC1. The number of likely N-dealkylation sites (N-methyl/N-ethyl adjacent to an activating group) is 1. The Morgan fingerprint density at radius 2 is 2.00 bits per heavy atom. The number of carboxylic acids is 1. The molecule has 1 heterocycles. The van der Waals surface area contributed by atoms with E-state index in [-0.39, 0.29) is 0 Å². The maximum Gasteiger partial charge on any atom is 0.323 e. The quantitative estimate of drug-likeness (QED) is 0.684. The molecular formula is C10H18N2O2. The largest absolute Gasteiger partial charge is 0.480 e. The fourth-order valence-electron chi connectivity index (χ4n) is 2.28. The number of carboxylic acid groups (broad SMARTS) is 1. The molecule has 2 aliphatic rings. The summed E-state index contributed by atoms with van der Waals surface area (Å²) in [5.74, 6) is -0.699. The number of piperidine rings is 1. The van der Waals surface area contributed by atoms with Gasteiger partial charge in [0.05, 0.1) is 0 Å². The monoisotopic (exact) mass is 198 g/mol. The average Bonchev–Trinajstić information content (AvgIpc) is 3.01. The van der Waals surface area contributed by atoms with Gasteiger partial charge in [0, 0.05) is 19.1 Å². The van der Waals surface area contributed by atoms with Crippen LogP contribution in [0.4, 0.5) is 0 Å². The zero-order valence-electron chi connectivity index (χ0n) is 8.62. The third kappa shape index (κ3) is 1.64. The average molecular weight is 198 g/mol. The Kier molecular flexibility index (Phi) is 2.49. The van der Waals surface area contributed by atoms with Crippen LogP contribution in [0.3, 0.4) is 0 Å². The van der Waals surface area contributed by atoms with Crippen molar-refractivity contribution in [3.8, 4) is 0 Å². The number of nitrogens with one attached hydrogen (secondary N) is 1.